The minimum atomic E-state index is -0.697. The summed E-state index contributed by atoms with van der Waals surface area (Å²) in [4.78, 5) is 11.8. The first-order valence-electron chi connectivity index (χ1n) is 5.86. The molecule has 1 aromatic carbocycles. The molecule has 108 valence electrons. The van der Waals surface area contributed by atoms with E-state index >= 15 is 0 Å². The second kappa shape index (κ2) is 5.54. The van der Waals surface area contributed by atoms with Gasteiger partial charge in [0.05, 0.1) is 25.5 Å². The smallest absolute Gasteiger partial charge is 0.357 e. The maximum atomic E-state index is 13.5. The first-order chi connectivity index (χ1) is 10.0. The summed E-state index contributed by atoms with van der Waals surface area (Å²) in [5.74, 6) is -1.23. The molecule has 7 heteroatoms. The molecule has 0 radical (unpaired) electrons. The molecule has 1 heterocycles. The van der Waals surface area contributed by atoms with Crippen LogP contribution in [0, 0.1) is 17.1 Å². The number of carbonyl (C=O) groups excluding carboxylic acids is 1. The van der Waals surface area contributed by atoms with Gasteiger partial charge in [-0.2, -0.15) is 5.26 Å². The number of nitrogen functional groups attached to an aromatic ring is 1. The molecule has 0 amide bonds. The van der Waals surface area contributed by atoms with Crippen LogP contribution in [0.15, 0.2) is 24.4 Å². The molecule has 2 rings (SSSR count). The van der Waals surface area contributed by atoms with E-state index in [1.54, 1.807) is 0 Å². The van der Waals surface area contributed by atoms with Crippen LogP contribution in [0.4, 0.5) is 10.1 Å². The highest BCUT2D eigenvalue weighted by molar-refractivity contribution is 5.95. The number of anilines is 1. The van der Waals surface area contributed by atoms with Crippen molar-refractivity contribution >= 4 is 11.7 Å². The zero-order chi connectivity index (χ0) is 15.6. The Hall–Kier alpha value is -3.01. The standard InChI is InChI=1S/C14H12FN3O3/c1-20-11-5-9(3-4-10(11)15)18-7-8(6-16)12(17)13(18)14(19)21-2/h3-5,7H,17H2,1-2H3. The average Bonchev–Trinajstić information content (AvgIpc) is 2.83. The van der Waals surface area contributed by atoms with Crippen LogP contribution in [0.1, 0.15) is 16.1 Å². The van der Waals surface area contributed by atoms with Gasteiger partial charge in [0.1, 0.15) is 6.07 Å². The molecule has 0 unspecified atom stereocenters. The van der Waals surface area contributed by atoms with Crippen LogP contribution in [0.3, 0.4) is 0 Å². The van der Waals surface area contributed by atoms with Gasteiger partial charge in [-0.1, -0.05) is 0 Å². The molecule has 1 aromatic heterocycles. The Bertz CT molecular complexity index is 747. The molecule has 6 nitrogen and oxygen atoms in total. The number of rotatable bonds is 3. The maximum Gasteiger partial charge on any atom is 0.357 e. The molecular formula is C14H12FN3O3. The number of nitrogens with zero attached hydrogens (tertiary/aromatic N) is 2. The zero-order valence-corrected chi connectivity index (χ0v) is 11.4. The third kappa shape index (κ3) is 2.39. The number of hydrogen-bond acceptors (Lipinski definition) is 5. The van der Waals surface area contributed by atoms with Crippen LogP contribution >= 0.6 is 0 Å². The Morgan fingerprint density at radius 3 is 2.71 bits per heavy atom. The summed E-state index contributed by atoms with van der Waals surface area (Å²) in [7, 11) is 2.53. The molecule has 0 bridgehead atoms. The highest BCUT2D eigenvalue weighted by atomic mass is 19.1. The lowest BCUT2D eigenvalue weighted by Crippen LogP contribution is -2.11. The number of halogens is 1. The van der Waals surface area contributed by atoms with Crippen molar-refractivity contribution in [2.75, 3.05) is 20.0 Å². The SMILES string of the molecule is COC(=O)c1c(N)c(C#N)cn1-c1ccc(F)c(OC)c1. The van der Waals surface area contributed by atoms with Crippen molar-refractivity contribution in [2.45, 2.75) is 0 Å². The summed E-state index contributed by atoms with van der Waals surface area (Å²) in [6.45, 7) is 0. The fraction of sp³-hybridized carbons (Fsp3) is 0.143. The van der Waals surface area contributed by atoms with Crippen LogP contribution in [0.25, 0.3) is 5.69 Å². The first-order valence-corrected chi connectivity index (χ1v) is 5.86. The minimum absolute atomic E-state index is 0.00251. The van der Waals surface area contributed by atoms with Gasteiger partial charge in [-0.3, -0.25) is 0 Å². The van der Waals surface area contributed by atoms with Gasteiger partial charge in [0.15, 0.2) is 17.3 Å². The normalized spacial score (nSPS) is 10.0. The van der Waals surface area contributed by atoms with E-state index in [9.17, 15) is 9.18 Å². The van der Waals surface area contributed by atoms with E-state index in [2.05, 4.69) is 4.74 Å². The molecule has 0 saturated carbocycles. The van der Waals surface area contributed by atoms with Gasteiger partial charge in [0.25, 0.3) is 0 Å². The Kier molecular flexibility index (Phi) is 3.80. The first kappa shape index (κ1) is 14.4. The molecule has 0 fully saturated rings. The van der Waals surface area contributed by atoms with Crippen LogP contribution in [0.5, 0.6) is 5.75 Å². The number of esters is 1. The number of carbonyl (C=O) groups is 1. The molecule has 0 spiro atoms. The summed E-state index contributed by atoms with van der Waals surface area (Å²) >= 11 is 0. The van der Waals surface area contributed by atoms with Crippen LogP contribution < -0.4 is 10.5 Å². The topological polar surface area (TPSA) is 90.3 Å². The highest BCUT2D eigenvalue weighted by Crippen LogP contribution is 2.27. The van der Waals surface area contributed by atoms with Crippen LogP contribution in [-0.2, 0) is 4.74 Å². The molecule has 0 atom stereocenters. The molecule has 0 aliphatic heterocycles. The molecule has 21 heavy (non-hydrogen) atoms. The fourth-order valence-corrected chi connectivity index (χ4v) is 1.92. The van der Waals surface area contributed by atoms with Crippen molar-refractivity contribution in [1.82, 2.24) is 4.57 Å². The van der Waals surface area contributed by atoms with E-state index in [0.717, 1.165) is 0 Å². The van der Waals surface area contributed by atoms with Crippen molar-refractivity contribution in [3.63, 3.8) is 0 Å². The Balaban J connectivity index is 2.69. The number of aromatic nitrogens is 1. The van der Waals surface area contributed by atoms with Crippen molar-refractivity contribution in [2.24, 2.45) is 0 Å². The summed E-state index contributed by atoms with van der Waals surface area (Å²) in [5, 5.41) is 9.02. The fourth-order valence-electron chi connectivity index (χ4n) is 1.92. The van der Waals surface area contributed by atoms with Gasteiger partial charge < -0.3 is 19.8 Å². The summed E-state index contributed by atoms with van der Waals surface area (Å²) in [6.07, 6.45) is 1.38. The van der Waals surface area contributed by atoms with E-state index < -0.39 is 11.8 Å². The van der Waals surface area contributed by atoms with E-state index in [1.807, 2.05) is 6.07 Å². The Morgan fingerprint density at radius 1 is 1.43 bits per heavy atom. The summed E-state index contributed by atoms with van der Waals surface area (Å²) in [5.41, 5.74) is 6.33. The lowest BCUT2D eigenvalue weighted by Gasteiger charge is -2.10. The Labute approximate surface area is 120 Å². The molecule has 2 aromatic rings. The molecular weight excluding hydrogens is 277 g/mol. The minimum Gasteiger partial charge on any atom is -0.494 e. The van der Waals surface area contributed by atoms with E-state index in [4.69, 9.17) is 15.7 Å². The Morgan fingerprint density at radius 2 is 2.14 bits per heavy atom. The van der Waals surface area contributed by atoms with Crippen molar-refractivity contribution in [3.8, 4) is 17.5 Å². The molecule has 0 saturated heterocycles. The van der Waals surface area contributed by atoms with Crippen LogP contribution in [0.2, 0.25) is 0 Å². The van der Waals surface area contributed by atoms with Gasteiger partial charge >= 0.3 is 5.97 Å². The highest BCUT2D eigenvalue weighted by Gasteiger charge is 2.22. The van der Waals surface area contributed by atoms with Gasteiger partial charge in [-0.15, -0.1) is 0 Å². The van der Waals surface area contributed by atoms with Gasteiger partial charge in [-0.05, 0) is 12.1 Å². The predicted molar refractivity (Wildman–Crippen MR) is 72.7 cm³/mol. The lowest BCUT2D eigenvalue weighted by molar-refractivity contribution is 0.0593. The molecule has 0 aliphatic carbocycles. The largest absolute Gasteiger partial charge is 0.494 e. The summed E-state index contributed by atoms with van der Waals surface area (Å²) in [6, 6.07) is 5.90. The van der Waals surface area contributed by atoms with Crippen LogP contribution in [-0.4, -0.2) is 24.8 Å². The van der Waals surface area contributed by atoms with Crippen molar-refractivity contribution < 1.29 is 18.7 Å². The van der Waals surface area contributed by atoms with E-state index in [0.29, 0.717) is 5.69 Å². The monoisotopic (exact) mass is 289 g/mol. The molecule has 2 N–H and O–H groups in total. The second-order valence-corrected chi connectivity index (χ2v) is 4.10. The second-order valence-electron chi connectivity index (χ2n) is 4.10. The number of nitrogens with two attached hydrogens (primary N) is 1. The van der Waals surface area contributed by atoms with E-state index in [-0.39, 0.29) is 22.7 Å². The lowest BCUT2D eigenvalue weighted by atomic mass is 10.2. The number of methoxy groups -OCH3 is 2. The third-order valence-corrected chi connectivity index (χ3v) is 2.96. The number of benzene rings is 1. The third-order valence-electron chi connectivity index (χ3n) is 2.96. The maximum absolute atomic E-state index is 13.5. The predicted octanol–water partition coefficient (Wildman–Crippen LogP) is 1.87. The number of ether oxygens (including phenoxy) is 2. The number of hydrogen-bond donors (Lipinski definition) is 1. The summed E-state index contributed by atoms with van der Waals surface area (Å²) < 4.78 is 24.4. The quantitative estimate of drug-likeness (QED) is 0.871. The molecule has 0 aliphatic rings. The van der Waals surface area contributed by atoms with Crippen molar-refractivity contribution in [3.05, 3.63) is 41.5 Å². The average molecular weight is 289 g/mol. The van der Waals surface area contributed by atoms with Gasteiger partial charge in [0, 0.05) is 18.0 Å². The van der Waals surface area contributed by atoms with Gasteiger partial charge in [-0.25, -0.2) is 9.18 Å². The number of nitriles is 1. The van der Waals surface area contributed by atoms with Gasteiger partial charge in [0.2, 0.25) is 0 Å². The zero-order valence-electron chi connectivity index (χ0n) is 11.4. The van der Waals surface area contributed by atoms with E-state index in [1.165, 1.54) is 43.2 Å². The van der Waals surface area contributed by atoms with Crippen molar-refractivity contribution in [1.29, 1.82) is 5.26 Å².